The Balaban J connectivity index is 0.000000429. The van der Waals surface area contributed by atoms with Gasteiger partial charge < -0.3 is 15.4 Å². The number of aromatic nitrogens is 5. The molecule has 0 radical (unpaired) electrons. The number of aromatic amines is 1. The van der Waals surface area contributed by atoms with E-state index >= 15 is 0 Å². The van der Waals surface area contributed by atoms with Crippen LogP contribution in [0.15, 0.2) is 49.2 Å². The van der Waals surface area contributed by atoms with E-state index in [1.807, 2.05) is 37.5 Å². The number of amides is 1. The predicted octanol–water partition coefficient (Wildman–Crippen LogP) is 3.89. The van der Waals surface area contributed by atoms with Crippen molar-refractivity contribution < 1.29 is 27.9 Å². The van der Waals surface area contributed by atoms with Gasteiger partial charge in [0.05, 0.1) is 29.2 Å². The van der Waals surface area contributed by atoms with Crippen LogP contribution in [0.1, 0.15) is 31.0 Å². The first kappa shape index (κ1) is 24.9. The van der Waals surface area contributed by atoms with Crippen molar-refractivity contribution in [2.75, 3.05) is 5.32 Å². The number of carbonyl (C=O) groups is 2. The summed E-state index contributed by atoms with van der Waals surface area (Å²) in [5.41, 5.74) is 4.11. The molecule has 1 atom stereocenters. The van der Waals surface area contributed by atoms with Crippen molar-refractivity contribution in [3.05, 3.63) is 60.3 Å². The maximum absolute atomic E-state index is 11.4. The Morgan fingerprint density at radius 3 is 2.60 bits per heavy atom. The summed E-state index contributed by atoms with van der Waals surface area (Å²) in [4.78, 5) is 32.0. The summed E-state index contributed by atoms with van der Waals surface area (Å²) in [7, 11) is 0. The van der Waals surface area contributed by atoms with Gasteiger partial charge in [0.15, 0.2) is 0 Å². The number of carboxylic acid groups (broad SMARTS) is 1. The molecule has 1 amide bonds. The highest BCUT2D eigenvalue weighted by atomic mass is 19.4. The standard InChI is InChI=1S/C20H17N7O.C2HF3O2/c1-12(15-4-3-5-18(17(15)8-21)26-13(2)28)27-10-14(9-25-27)19-16-6-7-22-20(16)24-11-23-19;3-2(4,5)1(6)7/h3-7,9-12H,1-2H3,(H,26,28)(H,22,23,24);(H,6,7). The SMILES string of the molecule is CC(=O)Nc1cccc(C(C)n2cc(-c3ncnc4[nH]ccc34)cn2)c1C#N.O=C(O)C(F)(F)F. The van der Waals surface area contributed by atoms with Crippen LogP contribution in [0.2, 0.25) is 0 Å². The second-order valence-corrected chi connectivity index (χ2v) is 7.21. The minimum Gasteiger partial charge on any atom is -0.475 e. The topological polar surface area (TPSA) is 150 Å². The maximum Gasteiger partial charge on any atom is 0.490 e. The minimum atomic E-state index is -5.08. The number of nitriles is 1. The van der Waals surface area contributed by atoms with Gasteiger partial charge in [-0.1, -0.05) is 12.1 Å². The monoisotopic (exact) mass is 485 g/mol. The normalized spacial score (nSPS) is 11.8. The number of benzene rings is 1. The summed E-state index contributed by atoms with van der Waals surface area (Å²) in [6.45, 7) is 3.37. The molecule has 0 aliphatic heterocycles. The zero-order valence-electron chi connectivity index (χ0n) is 18.3. The quantitative estimate of drug-likeness (QED) is 0.397. The first-order valence-electron chi connectivity index (χ1n) is 9.96. The molecule has 0 aliphatic carbocycles. The summed E-state index contributed by atoms with van der Waals surface area (Å²) in [6, 6.07) is 9.32. The van der Waals surface area contributed by atoms with Gasteiger partial charge in [0.25, 0.3) is 0 Å². The lowest BCUT2D eigenvalue weighted by Crippen LogP contribution is -2.21. The highest BCUT2D eigenvalue weighted by Crippen LogP contribution is 2.29. The number of H-pyrrole nitrogens is 1. The third-order valence-corrected chi connectivity index (χ3v) is 4.84. The summed E-state index contributed by atoms with van der Waals surface area (Å²) >= 11 is 0. The van der Waals surface area contributed by atoms with Gasteiger partial charge in [0, 0.05) is 30.3 Å². The van der Waals surface area contributed by atoms with Gasteiger partial charge in [-0.3, -0.25) is 9.48 Å². The lowest BCUT2D eigenvalue weighted by atomic mass is 10.0. The van der Waals surface area contributed by atoms with Crippen LogP contribution in [0.5, 0.6) is 0 Å². The number of rotatable bonds is 4. The second-order valence-electron chi connectivity index (χ2n) is 7.21. The molecule has 4 aromatic rings. The van der Waals surface area contributed by atoms with E-state index < -0.39 is 12.1 Å². The van der Waals surface area contributed by atoms with Gasteiger partial charge in [-0.15, -0.1) is 0 Å². The number of carboxylic acids is 1. The number of halogens is 3. The van der Waals surface area contributed by atoms with E-state index in [1.54, 1.807) is 16.9 Å². The van der Waals surface area contributed by atoms with Gasteiger partial charge >= 0.3 is 12.1 Å². The van der Waals surface area contributed by atoms with Crippen molar-refractivity contribution in [3.63, 3.8) is 0 Å². The van der Waals surface area contributed by atoms with Crippen LogP contribution < -0.4 is 5.32 Å². The number of fused-ring (bicyclic) bond motifs is 1. The molecule has 3 N–H and O–H groups in total. The zero-order chi connectivity index (χ0) is 25.8. The fourth-order valence-corrected chi connectivity index (χ4v) is 3.25. The van der Waals surface area contributed by atoms with Gasteiger partial charge in [-0.25, -0.2) is 14.8 Å². The Morgan fingerprint density at radius 1 is 1.26 bits per heavy atom. The molecular weight excluding hydrogens is 467 g/mol. The molecule has 3 aromatic heterocycles. The van der Waals surface area contributed by atoms with Crippen molar-refractivity contribution in [3.8, 4) is 17.3 Å². The maximum atomic E-state index is 11.4. The molecule has 13 heteroatoms. The molecule has 180 valence electrons. The van der Waals surface area contributed by atoms with Crippen LogP contribution in [0, 0.1) is 11.3 Å². The van der Waals surface area contributed by atoms with E-state index in [2.05, 4.69) is 31.4 Å². The molecule has 3 heterocycles. The van der Waals surface area contributed by atoms with E-state index in [9.17, 15) is 23.2 Å². The molecule has 10 nitrogen and oxygen atoms in total. The first-order chi connectivity index (χ1) is 16.5. The van der Waals surface area contributed by atoms with E-state index in [0.29, 0.717) is 11.3 Å². The number of nitrogens with zero attached hydrogens (tertiary/aromatic N) is 5. The third kappa shape index (κ3) is 5.61. The predicted molar refractivity (Wildman–Crippen MR) is 118 cm³/mol. The van der Waals surface area contributed by atoms with Gasteiger partial charge in [-0.05, 0) is 24.6 Å². The van der Waals surface area contributed by atoms with Crippen LogP contribution in [0.25, 0.3) is 22.3 Å². The summed E-state index contributed by atoms with van der Waals surface area (Å²) in [6.07, 6.45) is 1.89. The minimum absolute atomic E-state index is 0.208. The number of hydrogen-bond donors (Lipinski definition) is 3. The molecule has 0 saturated carbocycles. The van der Waals surface area contributed by atoms with Crippen molar-refractivity contribution in [2.24, 2.45) is 0 Å². The highest BCUT2D eigenvalue weighted by Gasteiger charge is 2.38. The van der Waals surface area contributed by atoms with Crippen molar-refractivity contribution >= 4 is 28.6 Å². The number of aliphatic carboxylic acids is 1. The van der Waals surface area contributed by atoms with Crippen molar-refractivity contribution in [1.29, 1.82) is 5.26 Å². The van der Waals surface area contributed by atoms with E-state index in [4.69, 9.17) is 9.90 Å². The van der Waals surface area contributed by atoms with Gasteiger partial charge in [-0.2, -0.15) is 23.5 Å². The van der Waals surface area contributed by atoms with Crippen LogP contribution in [-0.2, 0) is 9.59 Å². The smallest absolute Gasteiger partial charge is 0.475 e. The largest absolute Gasteiger partial charge is 0.490 e. The summed E-state index contributed by atoms with van der Waals surface area (Å²) < 4.78 is 33.5. The number of alkyl halides is 3. The van der Waals surface area contributed by atoms with E-state index in [0.717, 1.165) is 27.9 Å². The van der Waals surface area contributed by atoms with Gasteiger partial charge in [0.2, 0.25) is 5.91 Å². The molecule has 1 aromatic carbocycles. The van der Waals surface area contributed by atoms with Crippen LogP contribution in [0.4, 0.5) is 18.9 Å². The molecular formula is C22H18F3N7O3. The first-order valence-corrected chi connectivity index (χ1v) is 9.96. The van der Waals surface area contributed by atoms with Crippen molar-refractivity contribution in [2.45, 2.75) is 26.1 Å². The average molecular weight is 485 g/mol. The Labute approximate surface area is 196 Å². The lowest BCUT2D eigenvalue weighted by Gasteiger charge is -2.16. The fourth-order valence-electron chi connectivity index (χ4n) is 3.25. The molecule has 4 rings (SSSR count). The number of hydrogen-bond acceptors (Lipinski definition) is 6. The Hall–Kier alpha value is -4.73. The number of anilines is 1. The zero-order valence-corrected chi connectivity index (χ0v) is 18.3. The number of nitrogens with one attached hydrogen (secondary N) is 2. The molecule has 1 unspecified atom stereocenters. The molecule has 0 spiro atoms. The molecule has 0 aliphatic rings. The lowest BCUT2D eigenvalue weighted by molar-refractivity contribution is -0.192. The van der Waals surface area contributed by atoms with Crippen molar-refractivity contribution in [1.82, 2.24) is 24.7 Å². The molecule has 35 heavy (non-hydrogen) atoms. The second kappa shape index (κ2) is 10.0. The van der Waals surface area contributed by atoms with Gasteiger partial charge in [0.1, 0.15) is 18.0 Å². The Kier molecular flexibility index (Phi) is 7.14. The Bertz CT molecular complexity index is 1420. The van der Waals surface area contributed by atoms with Crippen LogP contribution >= 0.6 is 0 Å². The van der Waals surface area contributed by atoms with Crippen LogP contribution in [-0.4, -0.2) is 47.9 Å². The Morgan fingerprint density at radius 2 is 1.97 bits per heavy atom. The molecule has 0 fully saturated rings. The summed E-state index contributed by atoms with van der Waals surface area (Å²) in [5, 5.41) is 24.9. The number of carbonyl (C=O) groups excluding carboxylic acids is 1. The average Bonchev–Trinajstić information content (AvgIpc) is 3.47. The van der Waals surface area contributed by atoms with E-state index in [1.165, 1.54) is 13.3 Å². The third-order valence-electron chi connectivity index (χ3n) is 4.84. The highest BCUT2D eigenvalue weighted by molar-refractivity contribution is 5.91. The fraction of sp³-hybridized carbons (Fsp3) is 0.182. The molecule has 0 bridgehead atoms. The van der Waals surface area contributed by atoms with Crippen LogP contribution in [0.3, 0.4) is 0 Å². The van der Waals surface area contributed by atoms with E-state index in [-0.39, 0.29) is 11.9 Å². The summed E-state index contributed by atoms with van der Waals surface area (Å²) in [5.74, 6) is -2.98. The molecule has 0 saturated heterocycles.